The first kappa shape index (κ1) is 18.3. The largest absolute Gasteiger partial charge is 0.548 e. The number of carboxylic acids is 1. The first-order valence-corrected chi connectivity index (χ1v) is 8.83. The maximum absolute atomic E-state index is 12.1. The number of hydrogen-bond donors (Lipinski definition) is 1. The average Bonchev–Trinajstić information content (AvgIpc) is 2.59. The van der Waals surface area contributed by atoms with Gasteiger partial charge in [0.25, 0.3) is 0 Å². The van der Waals surface area contributed by atoms with Crippen LogP contribution in [-0.4, -0.2) is 17.6 Å². The summed E-state index contributed by atoms with van der Waals surface area (Å²) in [5.41, 5.74) is -0.452. The Hall–Kier alpha value is -2.04. The Labute approximate surface area is 143 Å². The maximum atomic E-state index is 12.1. The van der Waals surface area contributed by atoms with Crippen molar-refractivity contribution in [1.82, 2.24) is 5.32 Å². The molecule has 0 bridgehead atoms. The molecule has 0 unspecified atom stereocenters. The van der Waals surface area contributed by atoms with E-state index in [2.05, 4.69) is 5.32 Å². The number of rotatable bonds is 4. The molecule has 0 radical (unpaired) electrons. The minimum Gasteiger partial charge on any atom is -0.548 e. The fraction of sp³-hybridized carbons (Fsp3) is 0.579. The predicted molar refractivity (Wildman–Crippen MR) is 89.1 cm³/mol. The highest BCUT2D eigenvalue weighted by Crippen LogP contribution is 2.25. The number of nitrogens with one attached hydrogen (secondary N) is 1. The van der Waals surface area contributed by atoms with Crippen LogP contribution < -0.4 is 10.4 Å². The van der Waals surface area contributed by atoms with Crippen LogP contribution in [0.15, 0.2) is 30.3 Å². The van der Waals surface area contributed by atoms with Crippen molar-refractivity contribution in [3.63, 3.8) is 0 Å². The zero-order valence-corrected chi connectivity index (χ0v) is 14.1. The number of amides is 1. The molecule has 1 aliphatic rings. The van der Waals surface area contributed by atoms with Crippen molar-refractivity contribution >= 4 is 12.1 Å². The van der Waals surface area contributed by atoms with E-state index in [-0.39, 0.29) is 6.61 Å². The lowest BCUT2D eigenvalue weighted by Gasteiger charge is -2.36. The van der Waals surface area contributed by atoms with Crippen LogP contribution in [0.5, 0.6) is 0 Å². The number of aliphatic carboxylic acids is 1. The van der Waals surface area contributed by atoms with Gasteiger partial charge in [-0.05, 0) is 18.4 Å². The highest BCUT2D eigenvalue weighted by molar-refractivity contribution is 5.82. The standard InChI is InChI=1S/C19H27NO4/c21-17(22)19(13-9-4-2-1-3-5-10-14-19)20-18(23)24-15-16-11-7-6-8-12-16/h6-8,11-12H,1-5,9-10,13-15H2,(H,20,23)(H,21,22)/p-1. The third-order valence-corrected chi connectivity index (χ3v) is 4.65. The van der Waals surface area contributed by atoms with E-state index in [1.165, 1.54) is 6.42 Å². The highest BCUT2D eigenvalue weighted by Gasteiger charge is 2.33. The van der Waals surface area contributed by atoms with E-state index in [9.17, 15) is 14.7 Å². The number of benzene rings is 1. The molecule has 1 aromatic rings. The molecule has 5 nitrogen and oxygen atoms in total. The Morgan fingerprint density at radius 3 is 2.04 bits per heavy atom. The van der Waals surface area contributed by atoms with Crippen molar-refractivity contribution in [2.75, 3.05) is 0 Å². The van der Waals surface area contributed by atoms with E-state index in [4.69, 9.17) is 4.74 Å². The van der Waals surface area contributed by atoms with E-state index >= 15 is 0 Å². The Morgan fingerprint density at radius 2 is 1.50 bits per heavy atom. The summed E-state index contributed by atoms with van der Waals surface area (Å²) in [4.78, 5) is 23.9. The normalized spacial score (nSPS) is 18.3. The van der Waals surface area contributed by atoms with Crippen LogP contribution in [0.3, 0.4) is 0 Å². The van der Waals surface area contributed by atoms with Crippen LogP contribution in [0, 0.1) is 0 Å². The molecule has 24 heavy (non-hydrogen) atoms. The molecule has 0 spiro atoms. The second-order valence-electron chi connectivity index (χ2n) is 6.53. The zero-order valence-electron chi connectivity index (χ0n) is 14.1. The fourth-order valence-electron chi connectivity index (χ4n) is 3.20. The van der Waals surface area contributed by atoms with Gasteiger partial charge < -0.3 is 20.0 Å². The predicted octanol–water partition coefficient (Wildman–Crippen LogP) is 2.93. The van der Waals surface area contributed by atoms with Crippen LogP contribution in [0.1, 0.15) is 63.4 Å². The van der Waals surface area contributed by atoms with E-state index in [0.29, 0.717) is 12.8 Å². The third-order valence-electron chi connectivity index (χ3n) is 4.65. The molecule has 1 amide bonds. The average molecular weight is 332 g/mol. The van der Waals surface area contributed by atoms with Gasteiger partial charge in [-0.3, -0.25) is 0 Å². The second kappa shape index (κ2) is 9.30. The summed E-state index contributed by atoms with van der Waals surface area (Å²) in [6.45, 7) is 0.121. The van der Waals surface area contributed by atoms with Gasteiger partial charge in [-0.1, -0.05) is 75.3 Å². The number of hydrogen-bond acceptors (Lipinski definition) is 4. The number of ether oxygens (including phenoxy) is 1. The van der Waals surface area contributed by atoms with Crippen molar-refractivity contribution in [3.8, 4) is 0 Å². The van der Waals surface area contributed by atoms with Gasteiger partial charge in [0.15, 0.2) is 0 Å². The number of carbonyl (C=O) groups excluding carboxylic acids is 2. The van der Waals surface area contributed by atoms with Gasteiger partial charge in [0.1, 0.15) is 6.61 Å². The molecule has 2 rings (SSSR count). The number of carboxylic acid groups (broad SMARTS) is 1. The van der Waals surface area contributed by atoms with E-state index < -0.39 is 17.6 Å². The third kappa shape index (κ3) is 5.55. The minimum absolute atomic E-state index is 0.121. The zero-order chi connectivity index (χ0) is 17.3. The van der Waals surface area contributed by atoms with Crippen molar-refractivity contribution < 1.29 is 19.4 Å². The number of alkyl carbamates (subject to hydrolysis) is 1. The van der Waals surface area contributed by atoms with E-state index in [1.54, 1.807) is 0 Å². The molecule has 0 heterocycles. The van der Waals surface area contributed by atoms with Crippen molar-refractivity contribution in [3.05, 3.63) is 35.9 Å². The Balaban J connectivity index is 1.96. The van der Waals surface area contributed by atoms with Crippen LogP contribution in [-0.2, 0) is 16.1 Å². The Morgan fingerprint density at radius 1 is 0.958 bits per heavy atom. The lowest BCUT2D eigenvalue weighted by molar-refractivity contribution is -0.315. The summed E-state index contributed by atoms with van der Waals surface area (Å²) in [6.07, 6.45) is 7.03. The van der Waals surface area contributed by atoms with Crippen LogP contribution in [0.25, 0.3) is 0 Å². The van der Waals surface area contributed by atoms with Gasteiger partial charge in [0, 0.05) is 0 Å². The summed E-state index contributed by atoms with van der Waals surface area (Å²) < 4.78 is 5.19. The molecule has 132 valence electrons. The highest BCUT2D eigenvalue weighted by atomic mass is 16.5. The molecular weight excluding hydrogens is 306 g/mol. The quantitative estimate of drug-likeness (QED) is 0.919. The molecule has 1 aliphatic carbocycles. The fourth-order valence-corrected chi connectivity index (χ4v) is 3.20. The molecule has 1 aromatic carbocycles. The Kier molecular flexibility index (Phi) is 7.09. The summed E-state index contributed by atoms with van der Waals surface area (Å²) in [6, 6.07) is 9.31. The summed E-state index contributed by atoms with van der Waals surface area (Å²) in [7, 11) is 0. The number of carbonyl (C=O) groups is 2. The van der Waals surface area contributed by atoms with Crippen LogP contribution in [0.4, 0.5) is 4.79 Å². The van der Waals surface area contributed by atoms with Gasteiger partial charge in [0.05, 0.1) is 11.5 Å². The van der Waals surface area contributed by atoms with Gasteiger partial charge >= 0.3 is 6.09 Å². The van der Waals surface area contributed by atoms with Gasteiger partial charge in [-0.25, -0.2) is 4.79 Å². The summed E-state index contributed by atoms with van der Waals surface area (Å²) in [5, 5.41) is 14.4. The lowest BCUT2D eigenvalue weighted by atomic mass is 9.85. The van der Waals surface area contributed by atoms with E-state index in [0.717, 1.165) is 44.1 Å². The van der Waals surface area contributed by atoms with Crippen molar-refractivity contribution in [2.45, 2.75) is 69.9 Å². The van der Waals surface area contributed by atoms with Gasteiger partial charge in [-0.15, -0.1) is 0 Å². The van der Waals surface area contributed by atoms with Gasteiger partial charge in [-0.2, -0.15) is 0 Å². The topological polar surface area (TPSA) is 78.5 Å². The second-order valence-corrected chi connectivity index (χ2v) is 6.53. The van der Waals surface area contributed by atoms with Gasteiger partial charge in [0.2, 0.25) is 0 Å². The first-order valence-electron chi connectivity index (χ1n) is 8.83. The summed E-state index contributed by atoms with van der Waals surface area (Å²) in [5.74, 6) is -1.21. The summed E-state index contributed by atoms with van der Waals surface area (Å²) >= 11 is 0. The SMILES string of the molecule is O=C(NC1(C(=O)[O-])CCCCCCCCC1)OCc1ccccc1. The smallest absolute Gasteiger partial charge is 0.408 e. The van der Waals surface area contributed by atoms with Crippen LogP contribution in [0.2, 0.25) is 0 Å². The molecule has 0 atom stereocenters. The molecule has 1 fully saturated rings. The molecule has 0 saturated heterocycles. The molecule has 1 N–H and O–H groups in total. The van der Waals surface area contributed by atoms with E-state index in [1.807, 2.05) is 30.3 Å². The first-order chi connectivity index (χ1) is 11.6. The van der Waals surface area contributed by atoms with Crippen LogP contribution >= 0.6 is 0 Å². The monoisotopic (exact) mass is 332 g/mol. The minimum atomic E-state index is -1.31. The lowest BCUT2D eigenvalue weighted by Crippen LogP contribution is -2.60. The Bertz CT molecular complexity index is 519. The molecule has 0 aromatic heterocycles. The maximum Gasteiger partial charge on any atom is 0.408 e. The molecule has 1 saturated carbocycles. The molecule has 0 aliphatic heterocycles. The van der Waals surface area contributed by atoms with Crippen molar-refractivity contribution in [1.29, 1.82) is 0 Å². The molecule has 5 heteroatoms. The van der Waals surface area contributed by atoms with Crippen molar-refractivity contribution in [2.24, 2.45) is 0 Å². The molecular formula is C19H26NO4-.